The van der Waals surface area contributed by atoms with Gasteiger partial charge in [0.05, 0.1) is 54.0 Å². The van der Waals surface area contributed by atoms with Crippen molar-refractivity contribution in [2.75, 3.05) is 0 Å². The van der Waals surface area contributed by atoms with E-state index in [0.717, 1.165) is 55.0 Å². The van der Waals surface area contributed by atoms with Crippen LogP contribution in [-0.4, -0.2) is 9.13 Å². The van der Waals surface area contributed by atoms with E-state index in [1.165, 1.54) is 40.3 Å². The van der Waals surface area contributed by atoms with Gasteiger partial charge in [0.25, 0.3) is 0 Å². The Bertz CT molecular complexity index is 3130. The van der Waals surface area contributed by atoms with E-state index in [4.69, 9.17) is 0 Å². The van der Waals surface area contributed by atoms with E-state index in [2.05, 4.69) is 143 Å². The Hall–Kier alpha value is -6.44. The summed E-state index contributed by atoms with van der Waals surface area (Å²) in [4.78, 5) is 0. The first-order chi connectivity index (χ1) is 24.7. The number of fused-ring (bicyclic) bond motifs is 14. The maximum Gasteiger partial charge on any atom is 0.101 e. The number of para-hydroxylation sites is 2. The maximum atomic E-state index is 10.4. The molecule has 0 aliphatic carbocycles. The molecule has 4 heterocycles. The third kappa shape index (κ3) is 3.51. The number of rotatable bonds is 2. The van der Waals surface area contributed by atoms with Crippen LogP contribution in [0.2, 0.25) is 0 Å². The molecule has 0 aliphatic rings. The molecule has 230 valence electrons. The Morgan fingerprint density at radius 3 is 1.22 bits per heavy atom. The molecule has 0 unspecified atom stereocenters. The van der Waals surface area contributed by atoms with Crippen LogP contribution in [0.3, 0.4) is 0 Å². The second kappa shape index (κ2) is 10.0. The average Bonchev–Trinajstić information content (AvgIpc) is 3.92. The molecule has 0 fully saturated rings. The van der Waals surface area contributed by atoms with Crippen LogP contribution in [-0.2, 0) is 0 Å². The fourth-order valence-electron chi connectivity index (χ4n) is 8.08. The minimum atomic E-state index is 0.355. The molecule has 0 atom stereocenters. The summed E-state index contributed by atoms with van der Waals surface area (Å²) in [6.07, 6.45) is 0. The van der Waals surface area contributed by atoms with Gasteiger partial charge in [0.2, 0.25) is 0 Å². The Morgan fingerprint density at radius 1 is 0.400 bits per heavy atom. The normalized spacial score (nSPS) is 12.0. The van der Waals surface area contributed by atoms with Gasteiger partial charge in [-0.1, -0.05) is 97.1 Å². The number of nitrogens with zero attached hydrogens (tertiary/aromatic N) is 4. The first-order valence-electron chi connectivity index (χ1n) is 16.4. The largest absolute Gasteiger partial charge is 0.306 e. The van der Waals surface area contributed by atoms with Crippen molar-refractivity contribution in [1.82, 2.24) is 9.13 Å². The number of nitriles is 2. The summed E-state index contributed by atoms with van der Waals surface area (Å²) < 4.78 is 9.54. The maximum absolute atomic E-state index is 10.4. The molecule has 0 amide bonds. The molecule has 11 rings (SSSR count). The van der Waals surface area contributed by atoms with Crippen molar-refractivity contribution in [3.8, 4) is 23.5 Å². The van der Waals surface area contributed by atoms with Gasteiger partial charge in [-0.05, 0) is 36.4 Å². The third-order valence-corrected chi connectivity index (χ3v) is 12.6. The van der Waals surface area contributed by atoms with E-state index >= 15 is 0 Å². The lowest BCUT2D eigenvalue weighted by Gasteiger charge is -2.18. The minimum absolute atomic E-state index is 0.355. The minimum Gasteiger partial charge on any atom is -0.306 e. The quantitative estimate of drug-likeness (QED) is 0.184. The Morgan fingerprint density at radius 2 is 0.780 bits per heavy atom. The van der Waals surface area contributed by atoms with Crippen LogP contribution in [0.15, 0.2) is 133 Å². The summed E-state index contributed by atoms with van der Waals surface area (Å²) >= 11 is 3.60. The molecule has 50 heavy (non-hydrogen) atoms. The number of thiophene rings is 2. The fraction of sp³-hybridized carbons (Fsp3) is 0. The van der Waals surface area contributed by atoms with Crippen molar-refractivity contribution in [3.63, 3.8) is 0 Å². The van der Waals surface area contributed by atoms with E-state index in [-0.39, 0.29) is 0 Å². The lowest BCUT2D eigenvalue weighted by Crippen LogP contribution is -2.05. The number of hydrogen-bond donors (Lipinski definition) is 0. The second-order valence-corrected chi connectivity index (χ2v) is 14.8. The molecule has 0 radical (unpaired) electrons. The van der Waals surface area contributed by atoms with Crippen molar-refractivity contribution in [2.45, 2.75) is 0 Å². The van der Waals surface area contributed by atoms with Gasteiger partial charge in [0.15, 0.2) is 0 Å². The number of aromatic nitrogens is 2. The van der Waals surface area contributed by atoms with Gasteiger partial charge in [-0.15, -0.1) is 22.7 Å². The molecule has 0 aliphatic heterocycles. The van der Waals surface area contributed by atoms with E-state index in [1.54, 1.807) is 22.7 Å². The van der Waals surface area contributed by atoms with E-state index in [9.17, 15) is 10.5 Å². The molecule has 0 bridgehead atoms. The molecule has 11 aromatic rings. The second-order valence-electron chi connectivity index (χ2n) is 12.7. The zero-order valence-electron chi connectivity index (χ0n) is 26.3. The highest BCUT2D eigenvalue weighted by molar-refractivity contribution is 7.27. The highest BCUT2D eigenvalue weighted by atomic mass is 32.1. The fourth-order valence-corrected chi connectivity index (χ4v) is 10.6. The van der Waals surface area contributed by atoms with Crippen LogP contribution in [0.25, 0.3) is 95.3 Å². The van der Waals surface area contributed by atoms with Crippen LogP contribution in [0.1, 0.15) is 11.1 Å². The average molecular weight is 671 g/mol. The zero-order chi connectivity index (χ0) is 33.1. The van der Waals surface area contributed by atoms with Crippen LogP contribution >= 0.6 is 22.7 Å². The Kier molecular flexibility index (Phi) is 5.52. The van der Waals surface area contributed by atoms with Crippen LogP contribution in [0.5, 0.6) is 0 Å². The smallest absolute Gasteiger partial charge is 0.101 e. The summed E-state index contributed by atoms with van der Waals surface area (Å²) in [5.74, 6) is 0. The van der Waals surface area contributed by atoms with E-state index < -0.39 is 0 Å². The first-order valence-corrected chi connectivity index (χ1v) is 18.0. The highest BCUT2D eigenvalue weighted by Crippen LogP contribution is 2.47. The molecule has 4 nitrogen and oxygen atoms in total. The summed E-state index contributed by atoms with van der Waals surface area (Å²) in [5, 5.41) is 30.4. The summed E-state index contributed by atoms with van der Waals surface area (Å²) in [6.45, 7) is 0. The third-order valence-electron chi connectivity index (χ3n) is 10.2. The van der Waals surface area contributed by atoms with Crippen molar-refractivity contribution >= 4 is 107 Å². The van der Waals surface area contributed by atoms with E-state index in [0.29, 0.717) is 11.1 Å². The van der Waals surface area contributed by atoms with Crippen molar-refractivity contribution in [1.29, 1.82) is 10.5 Å². The SMILES string of the molecule is N#Cc1cc(-n2c3ccccc3c3ccc4c5ccccc5sc4c32)c(-n2c3ccccc3c3ccc4c5ccccc5sc4c32)cc1C#N. The van der Waals surface area contributed by atoms with Gasteiger partial charge in [-0.25, -0.2) is 0 Å². The monoisotopic (exact) mass is 670 g/mol. The van der Waals surface area contributed by atoms with Gasteiger partial charge in [-0.2, -0.15) is 10.5 Å². The first kappa shape index (κ1) is 27.5. The molecule has 0 saturated carbocycles. The van der Waals surface area contributed by atoms with Crippen molar-refractivity contribution < 1.29 is 0 Å². The topological polar surface area (TPSA) is 57.4 Å². The standard InChI is InChI=1S/C44H22N4S2/c45-23-25-21-37(47-35-13-5-1-9-27(35)31-17-19-33-29-11-3-7-15-39(29)49-43(33)41(31)47)38(22-26(25)24-46)48-36-14-6-2-10-28(36)32-18-20-34-30-12-4-8-16-40(30)50-44(34)42(32)48/h1-22H. The summed E-state index contributed by atoms with van der Waals surface area (Å²) in [5.41, 5.74) is 6.74. The molecular weight excluding hydrogens is 649 g/mol. The Balaban J connectivity index is 1.38. The molecule has 0 N–H and O–H groups in total. The van der Waals surface area contributed by atoms with Crippen molar-refractivity contribution in [2.24, 2.45) is 0 Å². The predicted molar refractivity (Wildman–Crippen MR) is 210 cm³/mol. The molecule has 0 saturated heterocycles. The molecule has 6 heteroatoms. The zero-order valence-corrected chi connectivity index (χ0v) is 27.9. The summed E-state index contributed by atoms with van der Waals surface area (Å²) in [6, 6.07) is 51.8. The van der Waals surface area contributed by atoms with Gasteiger partial charge >= 0.3 is 0 Å². The molecule has 4 aromatic heterocycles. The van der Waals surface area contributed by atoms with E-state index in [1.807, 2.05) is 12.1 Å². The van der Waals surface area contributed by atoms with Gasteiger partial charge in [-0.3, -0.25) is 0 Å². The lowest BCUT2D eigenvalue weighted by molar-refractivity contribution is 1.10. The van der Waals surface area contributed by atoms with Crippen LogP contribution in [0.4, 0.5) is 0 Å². The number of benzene rings is 7. The van der Waals surface area contributed by atoms with Gasteiger partial charge in [0.1, 0.15) is 12.1 Å². The van der Waals surface area contributed by atoms with Crippen molar-refractivity contribution in [3.05, 3.63) is 145 Å². The van der Waals surface area contributed by atoms with Crippen LogP contribution in [0, 0.1) is 22.7 Å². The molecular formula is C44H22N4S2. The summed E-state index contributed by atoms with van der Waals surface area (Å²) in [7, 11) is 0. The predicted octanol–water partition coefficient (Wildman–Crippen LogP) is 12.4. The van der Waals surface area contributed by atoms with Gasteiger partial charge < -0.3 is 9.13 Å². The van der Waals surface area contributed by atoms with Crippen LogP contribution < -0.4 is 0 Å². The number of hydrogen-bond acceptors (Lipinski definition) is 4. The molecule has 0 spiro atoms. The Labute approximate surface area is 293 Å². The highest BCUT2D eigenvalue weighted by Gasteiger charge is 2.25. The van der Waals surface area contributed by atoms with Gasteiger partial charge in [0, 0.05) is 52.5 Å². The lowest BCUT2D eigenvalue weighted by atomic mass is 10.1. The molecule has 7 aromatic carbocycles.